The van der Waals surface area contributed by atoms with Crippen LogP contribution in [0.2, 0.25) is 0 Å². The van der Waals surface area contributed by atoms with Crippen LogP contribution < -0.4 is 5.73 Å². The number of carbonyl (C=O) groups excluding carboxylic acids is 1. The monoisotopic (exact) mass is 335 g/mol. The topological polar surface area (TPSA) is 78.7 Å². The van der Waals surface area contributed by atoms with Crippen LogP contribution in [0.1, 0.15) is 16.2 Å². The first-order valence-electron chi connectivity index (χ1n) is 6.83. The summed E-state index contributed by atoms with van der Waals surface area (Å²) >= 11 is 0. The number of amides is 1. The highest BCUT2D eigenvalue weighted by Gasteiger charge is 2.40. The van der Waals surface area contributed by atoms with Crippen molar-refractivity contribution in [3.8, 4) is 16.8 Å². The molecule has 3 aromatic rings. The summed E-state index contributed by atoms with van der Waals surface area (Å²) in [6.45, 7) is 0. The molecule has 24 heavy (non-hydrogen) atoms. The Morgan fingerprint density at radius 3 is 2.58 bits per heavy atom. The summed E-state index contributed by atoms with van der Waals surface area (Å²) in [6.07, 6.45) is -1.52. The molecule has 6 nitrogen and oxygen atoms in total. The molecule has 9 heteroatoms. The molecule has 0 atom stereocenters. The highest BCUT2D eigenvalue weighted by molar-refractivity contribution is 5.99. The number of rotatable bonds is 3. The number of hydrogen-bond acceptors (Lipinski definition) is 3. The standard InChI is InChI=1S/C15H12F3N5O/c1-22-12(14(19)24)11(13(21-22)15(16,17)18)9-4-2-5-10(8-9)23-7-3-6-20-23/h2-8H,1H3,(H2,19,24). The average Bonchev–Trinajstić information content (AvgIpc) is 3.13. The Morgan fingerprint density at radius 1 is 1.25 bits per heavy atom. The molecule has 0 bridgehead atoms. The third-order valence-electron chi connectivity index (χ3n) is 3.45. The summed E-state index contributed by atoms with van der Waals surface area (Å²) in [5.74, 6) is -0.986. The first kappa shape index (κ1) is 15.8. The molecule has 0 saturated carbocycles. The van der Waals surface area contributed by atoms with Gasteiger partial charge in [0, 0.05) is 25.0 Å². The number of benzene rings is 1. The van der Waals surface area contributed by atoms with E-state index in [0.29, 0.717) is 5.69 Å². The van der Waals surface area contributed by atoms with Gasteiger partial charge in [-0.1, -0.05) is 12.1 Å². The zero-order chi connectivity index (χ0) is 17.5. The summed E-state index contributed by atoms with van der Waals surface area (Å²) < 4.78 is 42.3. The molecule has 0 saturated heterocycles. The van der Waals surface area contributed by atoms with Gasteiger partial charge in [-0.2, -0.15) is 23.4 Å². The molecule has 0 aliphatic carbocycles. The maximum absolute atomic E-state index is 13.3. The van der Waals surface area contributed by atoms with Gasteiger partial charge < -0.3 is 5.73 Å². The number of alkyl halides is 3. The fraction of sp³-hybridized carbons (Fsp3) is 0.133. The van der Waals surface area contributed by atoms with Gasteiger partial charge in [0.2, 0.25) is 0 Å². The lowest BCUT2D eigenvalue weighted by Gasteiger charge is -2.09. The number of primary amides is 1. The Balaban J connectivity index is 2.26. The first-order chi connectivity index (χ1) is 11.3. The lowest BCUT2D eigenvalue weighted by atomic mass is 10.0. The molecular formula is C15H12F3N5O. The average molecular weight is 335 g/mol. The van der Waals surface area contributed by atoms with Crippen LogP contribution in [0.3, 0.4) is 0 Å². The third kappa shape index (κ3) is 2.64. The highest BCUT2D eigenvalue weighted by Crippen LogP contribution is 2.38. The van der Waals surface area contributed by atoms with E-state index in [4.69, 9.17) is 5.73 Å². The smallest absolute Gasteiger partial charge is 0.364 e. The van der Waals surface area contributed by atoms with Gasteiger partial charge >= 0.3 is 6.18 Å². The SMILES string of the molecule is Cn1nc(C(F)(F)F)c(-c2cccc(-n3cccn3)c2)c1C(N)=O. The maximum atomic E-state index is 13.3. The second kappa shape index (κ2) is 5.52. The minimum atomic E-state index is -4.72. The number of hydrogen-bond donors (Lipinski definition) is 1. The zero-order valence-corrected chi connectivity index (χ0v) is 12.4. The molecule has 0 unspecified atom stereocenters. The second-order valence-electron chi connectivity index (χ2n) is 5.06. The fourth-order valence-corrected chi connectivity index (χ4v) is 2.50. The number of carbonyl (C=O) groups is 1. The van der Waals surface area contributed by atoms with E-state index in [9.17, 15) is 18.0 Å². The van der Waals surface area contributed by atoms with E-state index < -0.39 is 17.8 Å². The summed E-state index contributed by atoms with van der Waals surface area (Å²) in [4.78, 5) is 11.6. The van der Waals surface area contributed by atoms with E-state index in [1.807, 2.05) is 0 Å². The van der Waals surface area contributed by atoms with Crippen molar-refractivity contribution in [3.63, 3.8) is 0 Å². The van der Waals surface area contributed by atoms with Crippen LogP contribution >= 0.6 is 0 Å². The molecular weight excluding hydrogens is 323 g/mol. The first-order valence-corrected chi connectivity index (χ1v) is 6.83. The summed E-state index contributed by atoms with van der Waals surface area (Å²) in [5.41, 5.74) is 4.18. The number of aryl methyl sites for hydroxylation is 1. The van der Waals surface area contributed by atoms with Gasteiger partial charge in [0.25, 0.3) is 5.91 Å². The van der Waals surface area contributed by atoms with Gasteiger partial charge in [-0.3, -0.25) is 9.48 Å². The quantitative estimate of drug-likeness (QED) is 0.798. The Labute approximate surface area is 134 Å². The Bertz CT molecular complexity index is 896. The predicted octanol–water partition coefficient (Wildman–Crippen LogP) is 2.39. The Kier molecular flexibility index (Phi) is 3.63. The molecule has 1 amide bonds. The van der Waals surface area contributed by atoms with Crippen molar-refractivity contribution in [1.82, 2.24) is 19.6 Å². The number of aromatic nitrogens is 4. The van der Waals surface area contributed by atoms with Gasteiger partial charge in [0.05, 0.1) is 5.69 Å². The van der Waals surface area contributed by atoms with Gasteiger partial charge in [0.15, 0.2) is 5.69 Å². The van der Waals surface area contributed by atoms with E-state index in [2.05, 4.69) is 10.2 Å². The number of nitrogens with two attached hydrogens (primary N) is 1. The van der Waals surface area contributed by atoms with Crippen LogP contribution in [0.4, 0.5) is 13.2 Å². The molecule has 0 radical (unpaired) electrons. The summed E-state index contributed by atoms with van der Waals surface area (Å²) in [6, 6.07) is 7.90. The third-order valence-corrected chi connectivity index (χ3v) is 3.45. The number of halogens is 3. The number of nitrogens with zero attached hydrogens (tertiary/aromatic N) is 4. The molecule has 2 heterocycles. The van der Waals surface area contributed by atoms with Crippen LogP contribution in [-0.2, 0) is 13.2 Å². The Morgan fingerprint density at radius 2 is 2.00 bits per heavy atom. The molecule has 0 fully saturated rings. The van der Waals surface area contributed by atoms with Gasteiger partial charge in [-0.05, 0) is 23.8 Å². The lowest BCUT2D eigenvalue weighted by molar-refractivity contribution is -0.140. The van der Waals surface area contributed by atoms with Crippen molar-refractivity contribution in [2.24, 2.45) is 12.8 Å². The van der Waals surface area contributed by atoms with Crippen LogP contribution in [0.25, 0.3) is 16.8 Å². The van der Waals surface area contributed by atoms with Gasteiger partial charge in [0.1, 0.15) is 5.69 Å². The van der Waals surface area contributed by atoms with Gasteiger partial charge in [-0.25, -0.2) is 4.68 Å². The molecule has 124 valence electrons. The zero-order valence-electron chi connectivity index (χ0n) is 12.4. The van der Waals surface area contributed by atoms with E-state index in [1.165, 1.54) is 23.9 Å². The molecule has 0 spiro atoms. The van der Waals surface area contributed by atoms with Crippen LogP contribution in [0.15, 0.2) is 42.7 Å². The van der Waals surface area contributed by atoms with Crippen molar-refractivity contribution >= 4 is 5.91 Å². The minimum absolute atomic E-state index is 0.178. The van der Waals surface area contributed by atoms with E-state index in [0.717, 1.165) is 4.68 Å². The molecule has 1 aromatic carbocycles. The second-order valence-corrected chi connectivity index (χ2v) is 5.06. The van der Waals surface area contributed by atoms with E-state index >= 15 is 0 Å². The van der Waals surface area contributed by atoms with Gasteiger partial charge in [-0.15, -0.1) is 0 Å². The highest BCUT2D eigenvalue weighted by atomic mass is 19.4. The minimum Gasteiger partial charge on any atom is -0.364 e. The molecule has 2 aromatic heterocycles. The molecule has 3 rings (SSSR count). The molecule has 0 aliphatic rings. The predicted molar refractivity (Wildman–Crippen MR) is 79.3 cm³/mol. The van der Waals surface area contributed by atoms with Crippen molar-refractivity contribution < 1.29 is 18.0 Å². The molecule has 2 N–H and O–H groups in total. The van der Waals surface area contributed by atoms with Crippen molar-refractivity contribution in [2.45, 2.75) is 6.18 Å². The van der Waals surface area contributed by atoms with Crippen LogP contribution in [-0.4, -0.2) is 25.5 Å². The normalized spacial score (nSPS) is 11.7. The van der Waals surface area contributed by atoms with Crippen molar-refractivity contribution in [3.05, 3.63) is 54.1 Å². The fourth-order valence-electron chi connectivity index (χ4n) is 2.50. The van der Waals surface area contributed by atoms with Crippen molar-refractivity contribution in [1.29, 1.82) is 0 Å². The summed E-state index contributed by atoms with van der Waals surface area (Å²) in [7, 11) is 1.25. The van der Waals surface area contributed by atoms with Crippen LogP contribution in [0, 0.1) is 0 Å². The van der Waals surface area contributed by atoms with Crippen molar-refractivity contribution in [2.75, 3.05) is 0 Å². The Hall–Kier alpha value is -3.10. The lowest BCUT2D eigenvalue weighted by Crippen LogP contribution is -2.17. The van der Waals surface area contributed by atoms with E-state index in [-0.39, 0.29) is 16.8 Å². The van der Waals surface area contributed by atoms with E-state index in [1.54, 1.807) is 30.6 Å². The van der Waals surface area contributed by atoms with Crippen LogP contribution in [0.5, 0.6) is 0 Å². The summed E-state index contributed by atoms with van der Waals surface area (Å²) in [5, 5.41) is 7.48. The maximum Gasteiger partial charge on any atom is 0.435 e. The largest absolute Gasteiger partial charge is 0.435 e. The molecule has 0 aliphatic heterocycles.